The van der Waals surface area contributed by atoms with Crippen LogP contribution < -0.4 is 4.74 Å². The normalized spacial score (nSPS) is 20.0. The molecule has 0 bridgehead atoms. The lowest BCUT2D eigenvalue weighted by molar-refractivity contribution is 0.0879. The Morgan fingerprint density at radius 3 is 2.79 bits per heavy atom. The maximum absolute atomic E-state index is 13.6. The highest BCUT2D eigenvalue weighted by Gasteiger charge is 2.27. The Balaban J connectivity index is 1.27. The molecule has 0 spiro atoms. The third-order valence-electron chi connectivity index (χ3n) is 4.84. The molecule has 128 valence electrons. The first-order valence-electron chi connectivity index (χ1n) is 8.60. The zero-order chi connectivity index (χ0) is 16.4. The van der Waals surface area contributed by atoms with Gasteiger partial charge in [0.15, 0.2) is 11.6 Å². The third kappa shape index (κ3) is 3.40. The molecular weight excluding hydrogens is 311 g/mol. The van der Waals surface area contributed by atoms with Gasteiger partial charge in [-0.15, -0.1) is 0 Å². The molecule has 0 aromatic carbocycles. The van der Waals surface area contributed by atoms with E-state index < -0.39 is 5.82 Å². The number of piperidine rings is 1. The number of nitrogens with zero attached hydrogens (tertiary/aromatic N) is 4. The Labute approximate surface area is 140 Å². The number of ether oxygens (including phenoxy) is 1. The van der Waals surface area contributed by atoms with Crippen LogP contribution in [0, 0.1) is 5.82 Å². The maximum Gasteiger partial charge on any atom is 0.250 e. The van der Waals surface area contributed by atoms with Gasteiger partial charge in [0, 0.05) is 25.2 Å². The summed E-state index contributed by atoms with van der Waals surface area (Å²) in [6, 6.07) is 2.93. The van der Waals surface area contributed by atoms with Gasteiger partial charge in [0.05, 0.1) is 6.54 Å². The first kappa shape index (κ1) is 15.5. The summed E-state index contributed by atoms with van der Waals surface area (Å²) in [6.07, 6.45) is 6.80. The van der Waals surface area contributed by atoms with Crippen molar-refractivity contribution in [2.24, 2.45) is 0 Å². The molecular formula is C17H21FN4O2. The minimum absolute atomic E-state index is 0.00135. The van der Waals surface area contributed by atoms with Crippen LogP contribution in [0.25, 0.3) is 0 Å². The fourth-order valence-corrected chi connectivity index (χ4v) is 3.15. The first-order valence-corrected chi connectivity index (χ1v) is 8.60. The zero-order valence-corrected chi connectivity index (χ0v) is 13.5. The van der Waals surface area contributed by atoms with Crippen molar-refractivity contribution in [3.8, 4) is 5.88 Å². The summed E-state index contributed by atoms with van der Waals surface area (Å²) in [5, 5.41) is 4.09. The number of hydrogen-bond donors (Lipinski definition) is 0. The molecule has 3 heterocycles. The summed E-state index contributed by atoms with van der Waals surface area (Å²) in [6.45, 7) is 2.43. The molecule has 0 unspecified atom stereocenters. The molecule has 4 rings (SSSR count). The SMILES string of the molecule is Fc1cccnc1OC1CCN(Cc2noc(C3CCC3)n2)CC1. The standard InChI is InChI=1S/C17H21FN4O2/c18-14-5-2-8-19-17(14)23-13-6-9-22(10-7-13)11-15-20-16(24-21-15)12-3-1-4-12/h2,5,8,12-13H,1,3-4,6-7,9-11H2. The van der Waals surface area contributed by atoms with E-state index in [1.807, 2.05) is 0 Å². The second-order valence-electron chi connectivity index (χ2n) is 6.56. The number of aromatic nitrogens is 3. The molecule has 24 heavy (non-hydrogen) atoms. The highest BCUT2D eigenvalue weighted by Crippen LogP contribution is 2.35. The molecule has 0 radical (unpaired) electrons. The van der Waals surface area contributed by atoms with Crippen molar-refractivity contribution in [1.29, 1.82) is 0 Å². The number of rotatable bonds is 5. The Bertz CT molecular complexity index is 681. The zero-order valence-electron chi connectivity index (χ0n) is 13.5. The molecule has 2 aromatic heterocycles. The van der Waals surface area contributed by atoms with Crippen LogP contribution in [0.2, 0.25) is 0 Å². The third-order valence-corrected chi connectivity index (χ3v) is 4.84. The van der Waals surface area contributed by atoms with Gasteiger partial charge in [0.1, 0.15) is 6.10 Å². The highest BCUT2D eigenvalue weighted by atomic mass is 19.1. The summed E-state index contributed by atoms with van der Waals surface area (Å²) in [5.41, 5.74) is 0. The van der Waals surface area contributed by atoms with Crippen molar-refractivity contribution in [1.82, 2.24) is 20.0 Å². The predicted octanol–water partition coefficient (Wildman–Crippen LogP) is 2.91. The summed E-state index contributed by atoms with van der Waals surface area (Å²) in [7, 11) is 0. The smallest absolute Gasteiger partial charge is 0.250 e. The average Bonchev–Trinajstić information content (AvgIpc) is 2.98. The molecule has 0 atom stereocenters. The number of likely N-dealkylation sites (tertiary alicyclic amines) is 1. The Hall–Kier alpha value is -2.02. The van der Waals surface area contributed by atoms with Crippen molar-refractivity contribution in [3.63, 3.8) is 0 Å². The van der Waals surface area contributed by atoms with Crippen molar-refractivity contribution >= 4 is 0 Å². The second kappa shape index (κ2) is 6.84. The van der Waals surface area contributed by atoms with Crippen LogP contribution in [-0.2, 0) is 6.54 Å². The van der Waals surface area contributed by atoms with E-state index in [9.17, 15) is 4.39 Å². The molecule has 2 aliphatic rings. The Kier molecular flexibility index (Phi) is 4.42. The highest BCUT2D eigenvalue weighted by molar-refractivity contribution is 5.13. The van der Waals surface area contributed by atoms with E-state index in [-0.39, 0.29) is 12.0 Å². The summed E-state index contributed by atoms with van der Waals surface area (Å²) in [5.74, 6) is 1.71. The van der Waals surface area contributed by atoms with Gasteiger partial charge < -0.3 is 9.26 Å². The predicted molar refractivity (Wildman–Crippen MR) is 84.0 cm³/mol. The van der Waals surface area contributed by atoms with Crippen LogP contribution in [0.4, 0.5) is 4.39 Å². The summed E-state index contributed by atoms with van der Waals surface area (Å²) >= 11 is 0. The molecule has 2 aromatic rings. The molecule has 1 saturated carbocycles. The minimum Gasteiger partial charge on any atom is -0.472 e. The van der Waals surface area contributed by atoms with Gasteiger partial charge in [-0.2, -0.15) is 4.98 Å². The van der Waals surface area contributed by atoms with Gasteiger partial charge in [-0.1, -0.05) is 11.6 Å². The molecule has 1 saturated heterocycles. The van der Waals surface area contributed by atoms with Crippen molar-refractivity contribution < 1.29 is 13.7 Å². The van der Waals surface area contributed by atoms with Crippen molar-refractivity contribution in [2.45, 2.75) is 50.7 Å². The lowest BCUT2D eigenvalue weighted by atomic mass is 9.85. The van der Waals surface area contributed by atoms with Crippen LogP contribution in [0.1, 0.15) is 49.7 Å². The van der Waals surface area contributed by atoms with Crippen molar-refractivity contribution in [2.75, 3.05) is 13.1 Å². The minimum atomic E-state index is -0.407. The second-order valence-corrected chi connectivity index (χ2v) is 6.56. The monoisotopic (exact) mass is 332 g/mol. The van der Waals surface area contributed by atoms with E-state index in [4.69, 9.17) is 9.26 Å². The molecule has 0 amide bonds. The van der Waals surface area contributed by atoms with Gasteiger partial charge in [0.2, 0.25) is 5.89 Å². The quantitative estimate of drug-likeness (QED) is 0.839. The van der Waals surface area contributed by atoms with E-state index in [0.717, 1.165) is 50.5 Å². The number of halogens is 1. The van der Waals surface area contributed by atoms with Crippen molar-refractivity contribution in [3.05, 3.63) is 35.9 Å². The van der Waals surface area contributed by atoms with Gasteiger partial charge >= 0.3 is 0 Å². The molecule has 1 aliphatic carbocycles. The van der Waals surface area contributed by atoms with Crippen LogP contribution >= 0.6 is 0 Å². The number of hydrogen-bond acceptors (Lipinski definition) is 6. The molecule has 7 heteroatoms. The van der Waals surface area contributed by atoms with Crippen LogP contribution in [-0.4, -0.2) is 39.2 Å². The summed E-state index contributed by atoms with van der Waals surface area (Å²) in [4.78, 5) is 10.7. The fourth-order valence-electron chi connectivity index (χ4n) is 3.15. The van der Waals surface area contributed by atoms with E-state index in [1.165, 1.54) is 12.5 Å². The molecule has 0 N–H and O–H groups in total. The molecule has 1 aliphatic heterocycles. The lowest BCUT2D eigenvalue weighted by Crippen LogP contribution is -2.38. The lowest BCUT2D eigenvalue weighted by Gasteiger charge is -2.31. The van der Waals surface area contributed by atoms with E-state index in [2.05, 4.69) is 20.0 Å². The van der Waals surface area contributed by atoms with Gasteiger partial charge in [0.25, 0.3) is 5.88 Å². The first-order chi connectivity index (χ1) is 11.8. The topological polar surface area (TPSA) is 64.3 Å². The van der Waals surface area contributed by atoms with Gasteiger partial charge in [-0.05, 0) is 37.8 Å². The number of pyridine rings is 1. The molecule has 6 nitrogen and oxygen atoms in total. The van der Waals surface area contributed by atoms with E-state index in [1.54, 1.807) is 12.3 Å². The van der Waals surface area contributed by atoms with Gasteiger partial charge in [-0.3, -0.25) is 4.90 Å². The summed E-state index contributed by atoms with van der Waals surface area (Å²) < 4.78 is 24.6. The largest absolute Gasteiger partial charge is 0.472 e. The van der Waals surface area contributed by atoms with Crippen LogP contribution in [0.3, 0.4) is 0 Å². The fraction of sp³-hybridized carbons (Fsp3) is 0.588. The Morgan fingerprint density at radius 2 is 2.08 bits per heavy atom. The maximum atomic E-state index is 13.6. The average molecular weight is 332 g/mol. The molecule has 2 fully saturated rings. The van der Waals surface area contributed by atoms with E-state index >= 15 is 0 Å². The Morgan fingerprint density at radius 1 is 1.25 bits per heavy atom. The van der Waals surface area contributed by atoms with Gasteiger partial charge in [-0.25, -0.2) is 9.37 Å². The van der Waals surface area contributed by atoms with Crippen LogP contribution in [0.5, 0.6) is 5.88 Å². The van der Waals surface area contributed by atoms with E-state index in [0.29, 0.717) is 12.5 Å². The van der Waals surface area contributed by atoms with Crippen LogP contribution in [0.15, 0.2) is 22.9 Å².